The molecule has 0 unspecified atom stereocenters. The maximum atomic E-state index is 3.31. The normalized spacial score (nSPS) is 7.80. The Kier molecular flexibility index (Phi) is 26.4. The maximum Gasteiger partial charge on any atom is 0.00127 e. The summed E-state index contributed by atoms with van der Waals surface area (Å²) in [6.07, 6.45) is 0. The third-order valence-electron chi connectivity index (χ3n) is 0.667. The first-order valence-electron chi connectivity index (χ1n) is 2.89. The van der Waals surface area contributed by atoms with Gasteiger partial charge in [0.2, 0.25) is 0 Å². The topological polar surface area (TPSA) is 12.0 Å². The first-order chi connectivity index (χ1) is 3.13. The summed E-state index contributed by atoms with van der Waals surface area (Å²) in [6, 6.07) is 1.25. The Balaban J connectivity index is -0.0000000600. The van der Waals surface area contributed by atoms with Crippen LogP contribution in [0.1, 0.15) is 50.0 Å². The van der Waals surface area contributed by atoms with E-state index in [9.17, 15) is 0 Å². The van der Waals surface area contributed by atoms with Gasteiger partial charge in [-0.2, -0.15) is 0 Å². The monoisotopic (exact) mass is 149 g/mol. The Hall–Kier alpha value is -0.0400. The first kappa shape index (κ1) is 22.5. The van der Waals surface area contributed by atoms with E-state index in [0.29, 0.717) is 12.1 Å². The van der Waals surface area contributed by atoms with Crippen LogP contribution in [0.25, 0.3) is 0 Å². The molecule has 0 radical (unpaired) electrons. The lowest BCUT2D eigenvalue weighted by Crippen LogP contribution is -2.29. The van der Waals surface area contributed by atoms with Crippen molar-refractivity contribution in [1.29, 1.82) is 0 Å². The van der Waals surface area contributed by atoms with Crippen molar-refractivity contribution in [2.24, 2.45) is 0 Å². The van der Waals surface area contributed by atoms with Gasteiger partial charge >= 0.3 is 0 Å². The van der Waals surface area contributed by atoms with E-state index in [1.807, 2.05) is 0 Å². The van der Waals surface area contributed by atoms with Crippen molar-refractivity contribution in [3.05, 3.63) is 0 Å². The molecule has 0 spiro atoms. The van der Waals surface area contributed by atoms with Gasteiger partial charge in [-0.05, 0) is 0 Å². The number of hydrogen-bond acceptors (Lipinski definition) is 1. The molecule has 0 aliphatic heterocycles. The predicted molar refractivity (Wildman–Crippen MR) is 53.6 cm³/mol. The number of rotatable bonds is 2. The summed E-state index contributed by atoms with van der Waals surface area (Å²) in [6.45, 7) is 8.61. The second kappa shape index (κ2) is 11.7. The summed E-state index contributed by atoms with van der Waals surface area (Å²) in [4.78, 5) is 0. The standard InChI is InChI=1S/C6H15N.3CH4/c1-5(2)7-6(3)4;;;/h5-7H,1-4H3;3*1H4. The van der Waals surface area contributed by atoms with Crippen LogP contribution >= 0.6 is 0 Å². The van der Waals surface area contributed by atoms with E-state index >= 15 is 0 Å². The highest BCUT2D eigenvalue weighted by atomic mass is 14.9. The molecule has 0 saturated carbocycles. The van der Waals surface area contributed by atoms with Crippen LogP contribution < -0.4 is 5.32 Å². The molecule has 0 aromatic rings. The highest BCUT2D eigenvalue weighted by molar-refractivity contribution is 4.55. The molecule has 68 valence electrons. The molecule has 0 aliphatic rings. The van der Waals surface area contributed by atoms with E-state index in [4.69, 9.17) is 0 Å². The van der Waals surface area contributed by atoms with E-state index in [-0.39, 0.29) is 22.3 Å². The van der Waals surface area contributed by atoms with Crippen molar-refractivity contribution in [3.8, 4) is 0 Å². The van der Waals surface area contributed by atoms with Crippen LogP contribution in [0.3, 0.4) is 0 Å². The van der Waals surface area contributed by atoms with E-state index < -0.39 is 0 Å². The zero-order valence-corrected chi connectivity index (χ0v) is 5.65. The smallest absolute Gasteiger partial charge is 0.00127 e. The molecule has 0 amide bonds. The molecular weight excluding hydrogens is 122 g/mol. The van der Waals surface area contributed by atoms with Gasteiger partial charge in [-0.3, -0.25) is 0 Å². The average Bonchev–Trinajstić information content (AvgIpc) is 1.27. The van der Waals surface area contributed by atoms with E-state index in [0.717, 1.165) is 0 Å². The Morgan fingerprint density at radius 2 is 0.900 bits per heavy atom. The molecule has 1 heteroatoms. The first-order valence-corrected chi connectivity index (χ1v) is 2.89. The fourth-order valence-corrected chi connectivity index (χ4v) is 0.667. The zero-order valence-electron chi connectivity index (χ0n) is 5.65. The molecule has 0 bridgehead atoms. The van der Waals surface area contributed by atoms with Crippen molar-refractivity contribution < 1.29 is 0 Å². The third kappa shape index (κ3) is 24.6. The lowest BCUT2D eigenvalue weighted by molar-refractivity contribution is 0.518. The van der Waals surface area contributed by atoms with Crippen LogP contribution in [0.5, 0.6) is 0 Å². The molecule has 0 aromatic heterocycles. The van der Waals surface area contributed by atoms with Gasteiger partial charge in [-0.25, -0.2) is 0 Å². The van der Waals surface area contributed by atoms with Gasteiger partial charge in [0.25, 0.3) is 0 Å². The lowest BCUT2D eigenvalue weighted by atomic mass is 10.3. The van der Waals surface area contributed by atoms with E-state index in [1.165, 1.54) is 0 Å². The molecule has 0 rings (SSSR count). The van der Waals surface area contributed by atoms with Gasteiger partial charge in [0, 0.05) is 12.1 Å². The Morgan fingerprint density at radius 1 is 0.700 bits per heavy atom. The largest absolute Gasteiger partial charge is 0.312 e. The molecule has 0 fully saturated rings. The van der Waals surface area contributed by atoms with Crippen molar-refractivity contribution in [3.63, 3.8) is 0 Å². The maximum absolute atomic E-state index is 3.31. The van der Waals surface area contributed by atoms with Crippen LogP contribution in [-0.2, 0) is 0 Å². The minimum absolute atomic E-state index is 0. The van der Waals surface area contributed by atoms with Crippen molar-refractivity contribution in [2.75, 3.05) is 0 Å². The van der Waals surface area contributed by atoms with Crippen LogP contribution in [-0.4, -0.2) is 12.1 Å². The lowest BCUT2D eigenvalue weighted by Gasteiger charge is -2.10. The highest BCUT2D eigenvalue weighted by Crippen LogP contribution is 1.80. The Labute approximate surface area is 68.2 Å². The van der Waals surface area contributed by atoms with Crippen LogP contribution in [0.15, 0.2) is 0 Å². The SMILES string of the molecule is C.C.C.CC(C)NC(C)C. The Bertz CT molecular complexity index is 34.0. The molecular formula is C9H27N. The molecule has 1 N–H and O–H groups in total. The average molecular weight is 149 g/mol. The molecule has 0 atom stereocenters. The Morgan fingerprint density at radius 3 is 0.900 bits per heavy atom. The summed E-state index contributed by atoms with van der Waals surface area (Å²) in [5.74, 6) is 0. The summed E-state index contributed by atoms with van der Waals surface area (Å²) < 4.78 is 0. The minimum atomic E-state index is 0. The van der Waals surface area contributed by atoms with Gasteiger partial charge in [0.15, 0.2) is 0 Å². The molecule has 0 heterocycles. The van der Waals surface area contributed by atoms with E-state index in [1.54, 1.807) is 0 Å². The highest BCUT2D eigenvalue weighted by Gasteiger charge is 1.92. The molecule has 0 aromatic carbocycles. The fraction of sp³-hybridized carbons (Fsp3) is 1.00. The number of hydrogen-bond donors (Lipinski definition) is 1. The number of nitrogens with one attached hydrogen (secondary N) is 1. The molecule has 10 heavy (non-hydrogen) atoms. The van der Waals surface area contributed by atoms with Gasteiger partial charge in [0.05, 0.1) is 0 Å². The van der Waals surface area contributed by atoms with Crippen molar-refractivity contribution in [2.45, 2.75) is 62.1 Å². The molecule has 0 saturated heterocycles. The fourth-order valence-electron chi connectivity index (χ4n) is 0.667. The van der Waals surface area contributed by atoms with Crippen molar-refractivity contribution in [1.82, 2.24) is 5.32 Å². The van der Waals surface area contributed by atoms with Crippen molar-refractivity contribution >= 4 is 0 Å². The van der Waals surface area contributed by atoms with E-state index in [2.05, 4.69) is 33.0 Å². The summed E-state index contributed by atoms with van der Waals surface area (Å²) in [5, 5.41) is 3.31. The van der Waals surface area contributed by atoms with Gasteiger partial charge in [0.1, 0.15) is 0 Å². The quantitative estimate of drug-likeness (QED) is 0.635. The van der Waals surface area contributed by atoms with Gasteiger partial charge in [-0.15, -0.1) is 0 Å². The summed E-state index contributed by atoms with van der Waals surface area (Å²) in [7, 11) is 0. The van der Waals surface area contributed by atoms with Gasteiger partial charge < -0.3 is 5.32 Å². The zero-order chi connectivity index (χ0) is 5.86. The van der Waals surface area contributed by atoms with Crippen LogP contribution in [0, 0.1) is 0 Å². The van der Waals surface area contributed by atoms with Crippen LogP contribution in [0.2, 0.25) is 0 Å². The second-order valence-electron chi connectivity index (χ2n) is 2.48. The second-order valence-corrected chi connectivity index (χ2v) is 2.48. The van der Waals surface area contributed by atoms with Gasteiger partial charge in [-0.1, -0.05) is 50.0 Å². The summed E-state index contributed by atoms with van der Waals surface area (Å²) in [5.41, 5.74) is 0. The molecule has 0 aliphatic carbocycles. The predicted octanol–water partition coefficient (Wildman–Crippen LogP) is 3.30. The molecule has 1 nitrogen and oxygen atoms in total. The third-order valence-corrected chi connectivity index (χ3v) is 0.667. The summed E-state index contributed by atoms with van der Waals surface area (Å²) >= 11 is 0. The minimum Gasteiger partial charge on any atom is -0.312 e. The van der Waals surface area contributed by atoms with Crippen LogP contribution in [0.4, 0.5) is 0 Å².